The zero-order valence-corrected chi connectivity index (χ0v) is 7.45. The summed E-state index contributed by atoms with van der Waals surface area (Å²) in [5.74, 6) is -0.852. The molecular formula is C6H5NO4Ti. The maximum Gasteiger partial charge on any atom is 0.273 e. The Morgan fingerprint density at radius 3 is 2.25 bits per heavy atom. The summed E-state index contributed by atoms with van der Waals surface area (Å²) in [5.41, 5.74) is -0.250. The van der Waals surface area contributed by atoms with Crippen molar-refractivity contribution in [3.8, 4) is 11.5 Å². The molecule has 0 unspecified atom stereocenters. The number of non-ortho nitro benzene ring substituents is 1. The summed E-state index contributed by atoms with van der Waals surface area (Å²) in [5, 5.41) is 27.6. The first kappa shape index (κ1) is 10.9. The van der Waals surface area contributed by atoms with Crippen LogP contribution in [0.5, 0.6) is 11.5 Å². The number of phenols is 2. The Kier molecular flexibility index (Phi) is 3.72. The molecular weight excluding hydrogens is 198 g/mol. The largest absolute Gasteiger partial charge is 0.504 e. The van der Waals surface area contributed by atoms with Crippen LogP contribution >= 0.6 is 0 Å². The van der Waals surface area contributed by atoms with Gasteiger partial charge in [0.15, 0.2) is 11.5 Å². The molecule has 0 aliphatic carbocycles. The van der Waals surface area contributed by atoms with Gasteiger partial charge in [-0.15, -0.1) is 0 Å². The summed E-state index contributed by atoms with van der Waals surface area (Å²) in [6, 6.07) is 3.05. The Bertz CT molecular complexity index is 302. The van der Waals surface area contributed by atoms with Gasteiger partial charge in [0.1, 0.15) is 0 Å². The van der Waals surface area contributed by atoms with Gasteiger partial charge in [-0.2, -0.15) is 0 Å². The standard InChI is InChI=1S/C6H5NO4.Ti/c8-5-2-1-4(7(10)11)3-6(5)9;/h1-3,8-9H;. The SMILES string of the molecule is O=[N+]([O-])c1ccc(O)c(O)c1.[Ti]. The minimum atomic E-state index is -0.654. The molecule has 1 aromatic carbocycles. The zero-order chi connectivity index (χ0) is 8.43. The van der Waals surface area contributed by atoms with E-state index in [9.17, 15) is 10.1 Å². The Hall–Kier alpha value is -1.07. The number of benzene rings is 1. The molecule has 2 N–H and O–H groups in total. The number of phenolic OH excluding ortho intramolecular Hbond substituents is 2. The van der Waals surface area contributed by atoms with Crippen molar-refractivity contribution in [1.82, 2.24) is 0 Å². The van der Waals surface area contributed by atoms with Crippen molar-refractivity contribution in [2.24, 2.45) is 0 Å². The second-order valence-corrected chi connectivity index (χ2v) is 1.93. The molecule has 6 heteroatoms. The van der Waals surface area contributed by atoms with Crippen molar-refractivity contribution < 1.29 is 36.9 Å². The van der Waals surface area contributed by atoms with Crippen molar-refractivity contribution >= 4 is 5.69 Å². The van der Waals surface area contributed by atoms with E-state index in [4.69, 9.17) is 10.2 Å². The summed E-state index contributed by atoms with van der Waals surface area (Å²) < 4.78 is 0. The van der Waals surface area contributed by atoms with Crippen LogP contribution in [0.3, 0.4) is 0 Å². The van der Waals surface area contributed by atoms with E-state index >= 15 is 0 Å². The number of hydrogen-bond acceptors (Lipinski definition) is 4. The van der Waals surface area contributed by atoms with Crippen LogP contribution in [0.4, 0.5) is 5.69 Å². The average molecular weight is 203 g/mol. The molecule has 62 valence electrons. The van der Waals surface area contributed by atoms with Crippen LogP contribution in [0.1, 0.15) is 0 Å². The molecule has 0 saturated heterocycles. The summed E-state index contributed by atoms with van der Waals surface area (Å²) >= 11 is 0. The van der Waals surface area contributed by atoms with E-state index in [0.717, 1.165) is 18.2 Å². The van der Waals surface area contributed by atoms with Crippen LogP contribution < -0.4 is 0 Å². The van der Waals surface area contributed by atoms with Gasteiger partial charge in [0, 0.05) is 27.8 Å². The molecule has 0 spiro atoms. The van der Waals surface area contributed by atoms with E-state index in [1.54, 1.807) is 0 Å². The fourth-order valence-corrected chi connectivity index (χ4v) is 0.625. The first-order valence-electron chi connectivity index (χ1n) is 2.77. The Morgan fingerprint density at radius 2 is 1.83 bits per heavy atom. The first-order chi connectivity index (χ1) is 5.11. The van der Waals surface area contributed by atoms with Crippen molar-refractivity contribution in [3.05, 3.63) is 28.3 Å². The molecule has 0 aromatic heterocycles. The van der Waals surface area contributed by atoms with Crippen molar-refractivity contribution in [2.75, 3.05) is 0 Å². The van der Waals surface area contributed by atoms with E-state index in [-0.39, 0.29) is 33.2 Å². The molecule has 0 fully saturated rings. The summed E-state index contributed by atoms with van der Waals surface area (Å²) in [4.78, 5) is 9.42. The Labute approximate surface area is 82.7 Å². The molecule has 0 atom stereocenters. The van der Waals surface area contributed by atoms with Crippen LogP contribution in [0, 0.1) is 10.1 Å². The van der Waals surface area contributed by atoms with Gasteiger partial charge in [0.2, 0.25) is 0 Å². The molecule has 1 rings (SSSR count). The van der Waals surface area contributed by atoms with Crippen LogP contribution in [0.2, 0.25) is 0 Å². The fourth-order valence-electron chi connectivity index (χ4n) is 0.625. The van der Waals surface area contributed by atoms with E-state index in [1.807, 2.05) is 0 Å². The quantitative estimate of drug-likeness (QED) is 0.308. The third-order valence-electron chi connectivity index (χ3n) is 1.17. The van der Waals surface area contributed by atoms with E-state index < -0.39 is 10.7 Å². The molecule has 0 amide bonds. The second-order valence-electron chi connectivity index (χ2n) is 1.93. The predicted molar refractivity (Wildman–Crippen MR) is 36.4 cm³/mol. The van der Waals surface area contributed by atoms with Crippen molar-refractivity contribution in [2.45, 2.75) is 0 Å². The topological polar surface area (TPSA) is 83.6 Å². The minimum absolute atomic E-state index is 0. The van der Waals surface area contributed by atoms with Crippen LogP contribution in [0.25, 0.3) is 0 Å². The van der Waals surface area contributed by atoms with Crippen molar-refractivity contribution in [1.29, 1.82) is 0 Å². The monoisotopic (exact) mass is 203 g/mol. The number of nitrogens with zero attached hydrogens (tertiary/aromatic N) is 1. The number of rotatable bonds is 1. The van der Waals surface area contributed by atoms with Gasteiger partial charge in [-0.1, -0.05) is 0 Å². The summed E-state index contributed by atoms with van der Waals surface area (Å²) in [6.07, 6.45) is 0. The molecule has 5 nitrogen and oxygen atoms in total. The molecule has 0 heterocycles. The Balaban J connectivity index is 0.00000121. The molecule has 0 bridgehead atoms. The van der Waals surface area contributed by atoms with E-state index in [2.05, 4.69) is 0 Å². The number of aromatic hydroxyl groups is 2. The fraction of sp³-hybridized carbons (Fsp3) is 0. The smallest absolute Gasteiger partial charge is 0.273 e. The zero-order valence-electron chi connectivity index (χ0n) is 5.89. The van der Waals surface area contributed by atoms with Gasteiger partial charge in [-0.3, -0.25) is 10.1 Å². The third-order valence-corrected chi connectivity index (χ3v) is 1.17. The van der Waals surface area contributed by atoms with Gasteiger partial charge in [-0.25, -0.2) is 0 Å². The van der Waals surface area contributed by atoms with Crippen molar-refractivity contribution in [3.63, 3.8) is 0 Å². The van der Waals surface area contributed by atoms with Crippen LogP contribution in [-0.2, 0) is 21.7 Å². The molecule has 1 aromatic rings. The van der Waals surface area contributed by atoms with Crippen LogP contribution in [-0.4, -0.2) is 15.1 Å². The van der Waals surface area contributed by atoms with Gasteiger partial charge in [0.25, 0.3) is 5.69 Å². The predicted octanol–water partition coefficient (Wildman–Crippen LogP) is 1.00. The molecule has 0 aliphatic heterocycles. The maximum absolute atomic E-state index is 10.1. The number of nitro groups is 1. The number of hydrogen-bond donors (Lipinski definition) is 2. The maximum atomic E-state index is 10.1. The molecule has 0 aliphatic rings. The van der Waals surface area contributed by atoms with Crippen LogP contribution in [0.15, 0.2) is 18.2 Å². The molecule has 12 heavy (non-hydrogen) atoms. The van der Waals surface area contributed by atoms with Gasteiger partial charge >= 0.3 is 0 Å². The third kappa shape index (κ3) is 2.22. The Morgan fingerprint density at radius 1 is 1.25 bits per heavy atom. The second kappa shape index (κ2) is 4.08. The van der Waals surface area contributed by atoms with Gasteiger partial charge in [0.05, 0.1) is 11.0 Å². The van der Waals surface area contributed by atoms with Gasteiger partial charge < -0.3 is 10.2 Å². The number of nitro benzene ring substituents is 1. The molecule has 0 saturated carbocycles. The first-order valence-corrected chi connectivity index (χ1v) is 2.77. The summed E-state index contributed by atoms with van der Waals surface area (Å²) in [7, 11) is 0. The normalized spacial score (nSPS) is 8.67. The van der Waals surface area contributed by atoms with E-state index in [0.29, 0.717) is 0 Å². The average Bonchev–Trinajstić information content (AvgIpc) is 1.94. The summed E-state index contributed by atoms with van der Waals surface area (Å²) in [6.45, 7) is 0. The molecule has 0 radical (unpaired) electrons. The van der Waals surface area contributed by atoms with E-state index in [1.165, 1.54) is 0 Å². The minimum Gasteiger partial charge on any atom is -0.504 e. The van der Waals surface area contributed by atoms with Gasteiger partial charge in [-0.05, 0) is 6.07 Å².